The predicted molar refractivity (Wildman–Crippen MR) is 73.9 cm³/mol. The minimum Gasteiger partial charge on any atom is -0.383 e. The van der Waals surface area contributed by atoms with E-state index in [9.17, 15) is 4.79 Å². The van der Waals surface area contributed by atoms with Crippen molar-refractivity contribution in [2.24, 2.45) is 5.73 Å². The third-order valence-corrected chi connectivity index (χ3v) is 2.57. The smallest absolute Gasteiger partial charge is 0.252 e. The average molecular weight is 250 g/mol. The monoisotopic (exact) mass is 250 g/mol. The number of hydrogen-bond donors (Lipinski definition) is 3. The topological polar surface area (TPSA) is 80.0 Å². The molecule has 0 radical (unpaired) electrons. The van der Waals surface area contributed by atoms with Gasteiger partial charge in [0.05, 0.1) is 16.9 Å². The van der Waals surface area contributed by atoms with Crippen molar-refractivity contribution in [3.8, 4) is 0 Å². The molecule has 1 heterocycles. The molecule has 0 aliphatic carbocycles. The van der Waals surface area contributed by atoms with E-state index in [-0.39, 0.29) is 0 Å². The molecule has 1 amide bonds. The molecule has 0 atom stereocenters. The number of amides is 1. The van der Waals surface area contributed by atoms with Gasteiger partial charge in [0.1, 0.15) is 0 Å². The van der Waals surface area contributed by atoms with Crippen molar-refractivity contribution in [3.05, 3.63) is 23.0 Å². The van der Waals surface area contributed by atoms with Crippen LogP contribution in [0.3, 0.4) is 0 Å². The maximum absolute atomic E-state index is 11.4. The highest BCUT2D eigenvalue weighted by Crippen LogP contribution is 2.18. The second kappa shape index (κ2) is 6.35. The van der Waals surface area contributed by atoms with Crippen molar-refractivity contribution < 1.29 is 4.79 Å². The Kier molecular flexibility index (Phi) is 5.09. The van der Waals surface area contributed by atoms with E-state index in [1.165, 1.54) is 0 Å². The third kappa shape index (κ3) is 4.00. The largest absolute Gasteiger partial charge is 0.383 e. The highest BCUT2D eigenvalue weighted by Gasteiger charge is 2.13. The van der Waals surface area contributed by atoms with Crippen molar-refractivity contribution >= 4 is 11.6 Å². The molecule has 0 aliphatic rings. The normalized spacial score (nSPS) is 10.7. The molecule has 100 valence electrons. The first-order valence-electron chi connectivity index (χ1n) is 6.17. The lowest BCUT2D eigenvalue weighted by molar-refractivity contribution is 0.1000. The van der Waals surface area contributed by atoms with E-state index in [2.05, 4.69) is 29.5 Å². The van der Waals surface area contributed by atoms with Crippen molar-refractivity contribution in [2.75, 3.05) is 18.4 Å². The van der Waals surface area contributed by atoms with Gasteiger partial charge in [-0.15, -0.1) is 0 Å². The predicted octanol–water partition coefficient (Wildman–Crippen LogP) is 1.21. The maximum atomic E-state index is 11.4. The van der Waals surface area contributed by atoms with Crippen LogP contribution in [0, 0.1) is 13.8 Å². The molecule has 0 saturated heterocycles. The van der Waals surface area contributed by atoms with E-state index in [4.69, 9.17) is 5.73 Å². The van der Waals surface area contributed by atoms with Crippen LogP contribution in [-0.4, -0.2) is 30.0 Å². The van der Waals surface area contributed by atoms with Gasteiger partial charge in [-0.2, -0.15) is 0 Å². The summed E-state index contributed by atoms with van der Waals surface area (Å²) in [6, 6.07) is 2.30. The SMILES string of the molecule is Cc1cc(NCCNC(C)C)c(C(N)=O)c(C)n1. The van der Waals surface area contributed by atoms with Crippen LogP contribution in [0.15, 0.2) is 6.07 Å². The van der Waals surface area contributed by atoms with Crippen LogP contribution in [-0.2, 0) is 0 Å². The van der Waals surface area contributed by atoms with Gasteiger partial charge >= 0.3 is 0 Å². The molecular weight excluding hydrogens is 228 g/mol. The van der Waals surface area contributed by atoms with E-state index in [0.717, 1.165) is 24.5 Å². The molecule has 0 saturated carbocycles. The van der Waals surface area contributed by atoms with Crippen LogP contribution < -0.4 is 16.4 Å². The first kappa shape index (κ1) is 14.4. The minimum absolute atomic E-state index is 0.445. The number of rotatable bonds is 6. The average Bonchev–Trinajstić information content (AvgIpc) is 2.22. The molecule has 5 nitrogen and oxygen atoms in total. The molecule has 5 heteroatoms. The highest BCUT2D eigenvalue weighted by molar-refractivity contribution is 5.99. The molecule has 1 aromatic heterocycles. The van der Waals surface area contributed by atoms with Gasteiger partial charge in [0, 0.05) is 24.8 Å². The van der Waals surface area contributed by atoms with Gasteiger partial charge in [-0.05, 0) is 19.9 Å². The lowest BCUT2D eigenvalue weighted by atomic mass is 10.1. The van der Waals surface area contributed by atoms with Gasteiger partial charge < -0.3 is 16.4 Å². The molecule has 0 bridgehead atoms. The van der Waals surface area contributed by atoms with Crippen LogP contribution in [0.5, 0.6) is 0 Å². The summed E-state index contributed by atoms with van der Waals surface area (Å²) in [5.41, 5.74) is 8.16. The summed E-state index contributed by atoms with van der Waals surface area (Å²) >= 11 is 0. The molecule has 0 aliphatic heterocycles. The number of carbonyl (C=O) groups excluding carboxylic acids is 1. The van der Waals surface area contributed by atoms with E-state index in [1.54, 1.807) is 6.92 Å². The quantitative estimate of drug-likeness (QED) is 0.663. The Morgan fingerprint density at radius 1 is 1.39 bits per heavy atom. The summed E-state index contributed by atoms with van der Waals surface area (Å²) in [5, 5.41) is 6.53. The molecule has 4 N–H and O–H groups in total. The van der Waals surface area contributed by atoms with Gasteiger partial charge in [0.25, 0.3) is 5.91 Å². The summed E-state index contributed by atoms with van der Waals surface area (Å²) in [5.74, 6) is -0.445. The van der Waals surface area contributed by atoms with Crippen LogP contribution >= 0.6 is 0 Å². The Labute approximate surface area is 108 Å². The number of aryl methyl sites for hydroxylation is 2. The Hall–Kier alpha value is -1.62. The molecule has 0 aromatic carbocycles. The minimum atomic E-state index is -0.445. The molecule has 0 fully saturated rings. The molecule has 1 rings (SSSR count). The summed E-state index contributed by atoms with van der Waals surface area (Å²) in [6.45, 7) is 9.45. The number of aromatic nitrogens is 1. The lowest BCUT2D eigenvalue weighted by Crippen LogP contribution is -2.29. The van der Waals surface area contributed by atoms with Crippen molar-refractivity contribution in [1.29, 1.82) is 0 Å². The first-order chi connectivity index (χ1) is 8.41. The zero-order chi connectivity index (χ0) is 13.7. The zero-order valence-corrected chi connectivity index (χ0v) is 11.5. The fourth-order valence-electron chi connectivity index (χ4n) is 1.84. The standard InChI is InChI=1S/C13H22N4O/c1-8(2)15-5-6-16-11-7-9(3)17-10(4)12(11)13(14)18/h7-8,15H,5-6H2,1-4H3,(H2,14,18)(H,16,17). The van der Waals surface area contributed by atoms with Gasteiger partial charge in [0.2, 0.25) is 0 Å². The van der Waals surface area contributed by atoms with Crippen LogP contribution in [0.4, 0.5) is 5.69 Å². The van der Waals surface area contributed by atoms with E-state index < -0.39 is 5.91 Å². The van der Waals surface area contributed by atoms with Crippen molar-refractivity contribution in [3.63, 3.8) is 0 Å². The highest BCUT2D eigenvalue weighted by atomic mass is 16.1. The third-order valence-electron chi connectivity index (χ3n) is 2.57. The number of nitrogens with two attached hydrogens (primary N) is 1. The summed E-state index contributed by atoms with van der Waals surface area (Å²) < 4.78 is 0. The summed E-state index contributed by atoms with van der Waals surface area (Å²) in [6.07, 6.45) is 0. The van der Waals surface area contributed by atoms with Gasteiger partial charge in [-0.1, -0.05) is 13.8 Å². The van der Waals surface area contributed by atoms with Crippen LogP contribution in [0.25, 0.3) is 0 Å². The van der Waals surface area contributed by atoms with Crippen molar-refractivity contribution in [1.82, 2.24) is 10.3 Å². The Morgan fingerprint density at radius 3 is 2.61 bits per heavy atom. The van der Waals surface area contributed by atoms with Gasteiger partial charge in [-0.25, -0.2) is 0 Å². The molecule has 1 aromatic rings. The fraction of sp³-hybridized carbons (Fsp3) is 0.538. The van der Waals surface area contributed by atoms with E-state index in [1.807, 2.05) is 13.0 Å². The van der Waals surface area contributed by atoms with E-state index >= 15 is 0 Å². The second-order valence-corrected chi connectivity index (χ2v) is 4.67. The van der Waals surface area contributed by atoms with Gasteiger partial charge in [0.15, 0.2) is 0 Å². The van der Waals surface area contributed by atoms with Crippen LogP contribution in [0.1, 0.15) is 35.6 Å². The molecular formula is C13H22N4O. The fourth-order valence-corrected chi connectivity index (χ4v) is 1.84. The Morgan fingerprint density at radius 2 is 2.06 bits per heavy atom. The molecule has 0 unspecified atom stereocenters. The second-order valence-electron chi connectivity index (χ2n) is 4.67. The first-order valence-corrected chi connectivity index (χ1v) is 6.17. The summed E-state index contributed by atoms with van der Waals surface area (Å²) in [4.78, 5) is 15.7. The Bertz CT molecular complexity index is 429. The number of hydrogen-bond acceptors (Lipinski definition) is 4. The summed E-state index contributed by atoms with van der Waals surface area (Å²) in [7, 11) is 0. The number of anilines is 1. The van der Waals surface area contributed by atoms with Crippen LogP contribution in [0.2, 0.25) is 0 Å². The molecule has 18 heavy (non-hydrogen) atoms. The molecule has 0 spiro atoms. The number of pyridine rings is 1. The van der Waals surface area contributed by atoms with Crippen molar-refractivity contribution in [2.45, 2.75) is 33.7 Å². The number of nitrogens with one attached hydrogen (secondary N) is 2. The van der Waals surface area contributed by atoms with Gasteiger partial charge in [-0.3, -0.25) is 9.78 Å². The zero-order valence-electron chi connectivity index (χ0n) is 11.5. The number of carbonyl (C=O) groups is 1. The lowest BCUT2D eigenvalue weighted by Gasteiger charge is -2.14. The number of nitrogens with zero attached hydrogens (tertiary/aromatic N) is 1. The Balaban J connectivity index is 2.77. The van der Waals surface area contributed by atoms with E-state index in [0.29, 0.717) is 17.3 Å². The number of primary amides is 1. The maximum Gasteiger partial charge on any atom is 0.252 e.